The predicted octanol–water partition coefficient (Wildman–Crippen LogP) is 4.52. The van der Waals surface area contributed by atoms with Crippen molar-refractivity contribution < 1.29 is 14.3 Å². The third kappa shape index (κ3) is 5.64. The van der Waals surface area contributed by atoms with Gasteiger partial charge in [0.05, 0.1) is 5.69 Å². The second-order valence-corrected chi connectivity index (χ2v) is 8.22. The number of benzene rings is 2. The van der Waals surface area contributed by atoms with Crippen LogP contribution in [-0.2, 0) is 16.2 Å². The summed E-state index contributed by atoms with van der Waals surface area (Å²) in [6, 6.07) is 18.9. The highest BCUT2D eigenvalue weighted by molar-refractivity contribution is 7.99. The number of carbonyl (C=O) groups is 2. The van der Waals surface area contributed by atoms with Crippen LogP contribution in [0, 0.1) is 0 Å². The quantitative estimate of drug-likeness (QED) is 0.593. The van der Waals surface area contributed by atoms with E-state index in [1.807, 2.05) is 48.5 Å². The SMILES string of the molecule is O=C(CCC(=O)N1CCSc2ccccc21)Nc1cccc(OCc2cccnc2)c1. The number of ether oxygens (including phenoxy) is 1. The summed E-state index contributed by atoms with van der Waals surface area (Å²) in [5.74, 6) is 1.29. The molecule has 1 aromatic heterocycles. The molecule has 31 heavy (non-hydrogen) atoms. The molecule has 0 radical (unpaired) electrons. The molecular formula is C24H23N3O3S. The van der Waals surface area contributed by atoms with Crippen LogP contribution in [0.15, 0.2) is 78.0 Å². The summed E-state index contributed by atoms with van der Waals surface area (Å²) in [7, 11) is 0. The Morgan fingerprint density at radius 2 is 1.97 bits per heavy atom. The van der Waals surface area contributed by atoms with Crippen LogP contribution in [-0.4, -0.2) is 29.1 Å². The molecule has 0 saturated heterocycles. The maximum atomic E-state index is 12.7. The van der Waals surface area contributed by atoms with E-state index in [4.69, 9.17) is 4.74 Å². The number of hydrogen-bond acceptors (Lipinski definition) is 5. The van der Waals surface area contributed by atoms with E-state index in [-0.39, 0.29) is 24.7 Å². The van der Waals surface area contributed by atoms with Gasteiger partial charge in [0.15, 0.2) is 0 Å². The van der Waals surface area contributed by atoms with Gasteiger partial charge in [0.25, 0.3) is 0 Å². The number of para-hydroxylation sites is 1. The van der Waals surface area contributed by atoms with Crippen molar-refractivity contribution in [3.05, 3.63) is 78.6 Å². The van der Waals surface area contributed by atoms with Gasteiger partial charge in [-0.05, 0) is 30.3 Å². The van der Waals surface area contributed by atoms with Crippen molar-refractivity contribution in [2.24, 2.45) is 0 Å². The number of hydrogen-bond donors (Lipinski definition) is 1. The molecule has 2 aromatic carbocycles. The molecule has 0 atom stereocenters. The van der Waals surface area contributed by atoms with Crippen molar-refractivity contribution in [2.45, 2.75) is 24.3 Å². The second kappa shape index (κ2) is 10.1. The fourth-order valence-electron chi connectivity index (χ4n) is 3.32. The van der Waals surface area contributed by atoms with Crippen LogP contribution in [0.1, 0.15) is 18.4 Å². The number of thioether (sulfide) groups is 1. The zero-order valence-corrected chi connectivity index (χ0v) is 17.8. The molecule has 4 rings (SSSR count). The molecule has 1 aliphatic heterocycles. The van der Waals surface area contributed by atoms with Crippen molar-refractivity contribution in [1.29, 1.82) is 0 Å². The Balaban J connectivity index is 1.29. The highest BCUT2D eigenvalue weighted by Gasteiger charge is 2.22. The number of amides is 2. The van der Waals surface area contributed by atoms with E-state index in [2.05, 4.69) is 10.3 Å². The van der Waals surface area contributed by atoms with E-state index in [1.165, 1.54) is 0 Å². The minimum Gasteiger partial charge on any atom is -0.489 e. The van der Waals surface area contributed by atoms with Crippen LogP contribution in [0.2, 0.25) is 0 Å². The van der Waals surface area contributed by atoms with Gasteiger partial charge in [-0.2, -0.15) is 0 Å². The Hall–Kier alpha value is -3.32. The molecular weight excluding hydrogens is 410 g/mol. The molecule has 2 amide bonds. The van der Waals surface area contributed by atoms with E-state index in [0.717, 1.165) is 21.9 Å². The van der Waals surface area contributed by atoms with Crippen molar-refractivity contribution in [1.82, 2.24) is 4.98 Å². The van der Waals surface area contributed by atoms with Crippen molar-refractivity contribution >= 4 is 35.0 Å². The van der Waals surface area contributed by atoms with Crippen LogP contribution >= 0.6 is 11.8 Å². The Labute approximate surface area is 185 Å². The summed E-state index contributed by atoms with van der Waals surface area (Å²) < 4.78 is 5.77. The van der Waals surface area contributed by atoms with Crippen LogP contribution in [0.5, 0.6) is 5.75 Å². The topological polar surface area (TPSA) is 71.5 Å². The minimum atomic E-state index is -0.197. The molecule has 0 fully saturated rings. The summed E-state index contributed by atoms with van der Waals surface area (Å²) in [4.78, 5) is 32.1. The van der Waals surface area contributed by atoms with E-state index in [9.17, 15) is 9.59 Å². The Kier molecular flexibility index (Phi) is 6.84. The fraction of sp³-hybridized carbons (Fsp3) is 0.208. The summed E-state index contributed by atoms with van der Waals surface area (Å²) in [5, 5.41) is 2.85. The largest absolute Gasteiger partial charge is 0.489 e. The molecule has 0 unspecified atom stereocenters. The first-order valence-electron chi connectivity index (χ1n) is 10.1. The van der Waals surface area contributed by atoms with Gasteiger partial charge >= 0.3 is 0 Å². The Bertz CT molecular complexity index is 1060. The van der Waals surface area contributed by atoms with E-state index >= 15 is 0 Å². The maximum Gasteiger partial charge on any atom is 0.227 e. The average molecular weight is 434 g/mol. The van der Waals surface area contributed by atoms with Crippen LogP contribution in [0.25, 0.3) is 0 Å². The number of rotatable bonds is 7. The number of aromatic nitrogens is 1. The van der Waals surface area contributed by atoms with Crippen LogP contribution in [0.3, 0.4) is 0 Å². The standard InChI is InChI=1S/C24H23N3O3S/c28-23(10-11-24(29)27-13-14-31-22-9-2-1-8-21(22)27)26-19-6-3-7-20(15-19)30-17-18-5-4-12-25-16-18/h1-9,12,15-16H,10-11,13-14,17H2,(H,26,28). The molecule has 0 spiro atoms. The number of anilines is 2. The summed E-state index contributed by atoms with van der Waals surface area (Å²) in [6.45, 7) is 1.06. The Morgan fingerprint density at radius 3 is 2.84 bits per heavy atom. The van der Waals surface area contributed by atoms with Crippen LogP contribution < -0.4 is 15.0 Å². The molecule has 1 aliphatic rings. The fourth-order valence-corrected chi connectivity index (χ4v) is 4.32. The maximum absolute atomic E-state index is 12.7. The molecule has 6 nitrogen and oxygen atoms in total. The lowest BCUT2D eigenvalue weighted by atomic mass is 10.2. The van der Waals surface area contributed by atoms with Gasteiger partial charge in [0, 0.05) is 59.7 Å². The predicted molar refractivity (Wildman–Crippen MR) is 122 cm³/mol. The zero-order valence-electron chi connectivity index (χ0n) is 17.0. The van der Waals surface area contributed by atoms with Gasteiger partial charge in [0.1, 0.15) is 12.4 Å². The van der Waals surface area contributed by atoms with Gasteiger partial charge in [-0.3, -0.25) is 14.6 Å². The average Bonchev–Trinajstić information content (AvgIpc) is 2.82. The molecule has 158 valence electrons. The van der Waals surface area contributed by atoms with Crippen molar-refractivity contribution in [3.63, 3.8) is 0 Å². The van der Waals surface area contributed by atoms with Gasteiger partial charge in [-0.15, -0.1) is 11.8 Å². The normalized spacial score (nSPS) is 12.7. The van der Waals surface area contributed by atoms with Gasteiger partial charge in [0.2, 0.25) is 11.8 Å². The van der Waals surface area contributed by atoms with Crippen molar-refractivity contribution in [2.75, 3.05) is 22.5 Å². The summed E-state index contributed by atoms with van der Waals surface area (Å²) >= 11 is 1.75. The first kappa shape index (κ1) is 20.9. The molecule has 3 aromatic rings. The summed E-state index contributed by atoms with van der Waals surface area (Å²) in [5.41, 5.74) is 2.54. The monoisotopic (exact) mass is 433 g/mol. The summed E-state index contributed by atoms with van der Waals surface area (Å²) in [6.07, 6.45) is 3.77. The number of nitrogens with one attached hydrogen (secondary N) is 1. The molecule has 0 bridgehead atoms. The van der Waals surface area contributed by atoms with E-state index in [0.29, 0.717) is 24.6 Å². The number of pyridine rings is 1. The van der Waals surface area contributed by atoms with E-state index in [1.54, 1.807) is 41.2 Å². The number of carbonyl (C=O) groups excluding carboxylic acids is 2. The van der Waals surface area contributed by atoms with Crippen LogP contribution in [0.4, 0.5) is 11.4 Å². The van der Waals surface area contributed by atoms with E-state index < -0.39 is 0 Å². The highest BCUT2D eigenvalue weighted by Crippen LogP contribution is 2.34. The first-order valence-corrected chi connectivity index (χ1v) is 11.1. The highest BCUT2D eigenvalue weighted by atomic mass is 32.2. The molecule has 1 N–H and O–H groups in total. The lowest BCUT2D eigenvalue weighted by molar-refractivity contribution is -0.122. The second-order valence-electron chi connectivity index (χ2n) is 7.09. The number of nitrogens with zero attached hydrogens (tertiary/aromatic N) is 2. The lowest BCUT2D eigenvalue weighted by Gasteiger charge is -2.29. The lowest BCUT2D eigenvalue weighted by Crippen LogP contribution is -2.35. The van der Waals surface area contributed by atoms with Gasteiger partial charge in [-0.25, -0.2) is 0 Å². The number of fused-ring (bicyclic) bond motifs is 1. The first-order chi connectivity index (χ1) is 15.2. The molecule has 0 saturated carbocycles. The third-order valence-corrected chi connectivity index (χ3v) is 5.88. The van der Waals surface area contributed by atoms with Crippen molar-refractivity contribution in [3.8, 4) is 5.75 Å². The minimum absolute atomic E-state index is 0.0311. The molecule has 0 aliphatic carbocycles. The Morgan fingerprint density at radius 1 is 1.06 bits per heavy atom. The van der Waals surface area contributed by atoms with Gasteiger partial charge < -0.3 is 15.0 Å². The zero-order chi connectivity index (χ0) is 21.5. The third-order valence-electron chi connectivity index (χ3n) is 4.84. The smallest absolute Gasteiger partial charge is 0.227 e. The van der Waals surface area contributed by atoms with Gasteiger partial charge in [-0.1, -0.05) is 24.3 Å². The molecule has 7 heteroatoms. The molecule has 2 heterocycles.